The molecule has 0 saturated heterocycles. The molecule has 2 aromatic carbocycles. The molecule has 0 saturated carbocycles. The van der Waals surface area contributed by atoms with E-state index in [1.54, 1.807) is 23.0 Å². The van der Waals surface area contributed by atoms with Crippen LogP contribution in [0.5, 0.6) is 0 Å². The number of alkyl halides is 3. The average Bonchev–Trinajstić information content (AvgIpc) is 3.24. The maximum absolute atomic E-state index is 13.8. The van der Waals surface area contributed by atoms with Crippen molar-refractivity contribution in [2.75, 3.05) is 4.31 Å². The van der Waals surface area contributed by atoms with Gasteiger partial charge in [0, 0.05) is 18.3 Å². The Morgan fingerprint density at radius 3 is 2.50 bits per heavy atom. The summed E-state index contributed by atoms with van der Waals surface area (Å²) in [6.07, 6.45) is -0.762. The molecule has 0 bridgehead atoms. The van der Waals surface area contributed by atoms with Crippen molar-refractivity contribution in [1.82, 2.24) is 9.78 Å². The highest BCUT2D eigenvalue weighted by Crippen LogP contribution is 2.43. The number of hydrogen-bond acceptors (Lipinski definition) is 4. The van der Waals surface area contributed by atoms with Crippen molar-refractivity contribution in [3.8, 4) is 0 Å². The molecule has 1 aromatic heterocycles. The second-order valence-corrected chi connectivity index (χ2v) is 10.7. The summed E-state index contributed by atoms with van der Waals surface area (Å²) in [5, 5.41) is 14.4. The number of fused-ring (bicyclic) bond motifs is 1. The van der Waals surface area contributed by atoms with Crippen LogP contribution in [0.25, 0.3) is 0 Å². The van der Waals surface area contributed by atoms with Crippen molar-refractivity contribution in [3.05, 3.63) is 90.0 Å². The summed E-state index contributed by atoms with van der Waals surface area (Å²) in [5.74, 6) is -0.600. The molecule has 11 heteroatoms. The van der Waals surface area contributed by atoms with Gasteiger partial charge in [0.15, 0.2) is 5.60 Å². The molecular formula is C25H25F4N3O3S. The second kappa shape index (κ2) is 9.36. The molecule has 0 radical (unpaired) electrons. The fraction of sp³-hybridized carbons (Fsp3) is 0.320. The Labute approximate surface area is 206 Å². The molecule has 1 aliphatic heterocycles. The van der Waals surface area contributed by atoms with Gasteiger partial charge >= 0.3 is 6.18 Å². The Morgan fingerprint density at radius 2 is 1.86 bits per heavy atom. The average molecular weight is 524 g/mol. The summed E-state index contributed by atoms with van der Waals surface area (Å²) in [4.78, 5) is -0.146. The van der Waals surface area contributed by atoms with Gasteiger partial charge in [-0.25, -0.2) is 12.8 Å². The van der Waals surface area contributed by atoms with Crippen LogP contribution in [0.4, 0.5) is 23.2 Å². The van der Waals surface area contributed by atoms with Crippen LogP contribution in [0.2, 0.25) is 0 Å². The molecule has 4 rings (SSSR count). The predicted molar refractivity (Wildman–Crippen MR) is 126 cm³/mol. The van der Waals surface area contributed by atoms with Crippen molar-refractivity contribution in [2.24, 2.45) is 0 Å². The number of aliphatic hydroxyl groups is 1. The molecule has 192 valence electrons. The topological polar surface area (TPSA) is 75.4 Å². The first kappa shape index (κ1) is 25.9. The fourth-order valence-corrected chi connectivity index (χ4v) is 6.11. The molecule has 1 aliphatic rings. The van der Waals surface area contributed by atoms with Gasteiger partial charge in [-0.15, -0.1) is 6.58 Å². The Bertz CT molecular complexity index is 1370. The van der Waals surface area contributed by atoms with Crippen LogP contribution in [0, 0.1) is 5.82 Å². The highest BCUT2D eigenvalue weighted by molar-refractivity contribution is 7.92. The van der Waals surface area contributed by atoms with Crippen molar-refractivity contribution in [2.45, 2.75) is 55.4 Å². The number of benzene rings is 2. The Kier molecular flexibility index (Phi) is 6.74. The number of allylic oxidation sites excluding steroid dienone is 1. The number of aromatic nitrogens is 2. The Hall–Kier alpha value is -3.18. The van der Waals surface area contributed by atoms with Crippen LogP contribution in [0.15, 0.2) is 72.3 Å². The third-order valence-corrected chi connectivity index (χ3v) is 8.31. The van der Waals surface area contributed by atoms with Crippen molar-refractivity contribution < 1.29 is 31.1 Å². The lowest BCUT2D eigenvalue weighted by atomic mass is 9.89. The van der Waals surface area contributed by atoms with E-state index in [9.17, 15) is 31.1 Å². The van der Waals surface area contributed by atoms with E-state index in [1.807, 2.05) is 0 Å². The lowest BCUT2D eigenvalue weighted by Crippen LogP contribution is -2.45. The number of aryl methyl sites for hydroxylation is 1. The largest absolute Gasteiger partial charge is 0.421 e. The third kappa shape index (κ3) is 4.64. The van der Waals surface area contributed by atoms with Gasteiger partial charge in [-0.1, -0.05) is 18.2 Å². The van der Waals surface area contributed by atoms with Gasteiger partial charge in [0.1, 0.15) is 5.82 Å². The molecule has 1 unspecified atom stereocenters. The van der Waals surface area contributed by atoms with Crippen molar-refractivity contribution in [1.29, 1.82) is 0 Å². The first-order valence-electron chi connectivity index (χ1n) is 11.2. The number of sulfonamides is 1. The zero-order valence-electron chi connectivity index (χ0n) is 19.4. The summed E-state index contributed by atoms with van der Waals surface area (Å²) >= 11 is 0. The number of nitrogens with zero attached hydrogens (tertiary/aromatic N) is 3. The maximum atomic E-state index is 13.8. The van der Waals surface area contributed by atoms with E-state index >= 15 is 0 Å². The number of halogens is 4. The van der Waals surface area contributed by atoms with Crippen molar-refractivity contribution >= 4 is 15.7 Å². The van der Waals surface area contributed by atoms with Crippen LogP contribution >= 0.6 is 0 Å². The zero-order valence-corrected chi connectivity index (χ0v) is 20.2. The lowest BCUT2D eigenvalue weighted by molar-refractivity contribution is -0.258. The van der Waals surface area contributed by atoms with E-state index in [-0.39, 0.29) is 22.6 Å². The molecule has 0 amide bonds. The van der Waals surface area contributed by atoms with Gasteiger partial charge in [0.25, 0.3) is 10.0 Å². The maximum Gasteiger partial charge on any atom is 0.421 e. The molecule has 2 heterocycles. The standard InChI is InChI=1S/C25H25F4N3O3S/c1-3-14-31-20(12-13-30-31)16-21-8-4-17-15-18(24(2,33)25(27,28)29)5-11-23(17)32(21)36(34,35)22-9-6-19(26)7-10-22/h3,5-7,9-13,15,21,33H,1,4,8,14,16H2,2H3/t21-,24?/m0/s1. The smallest absolute Gasteiger partial charge is 0.376 e. The summed E-state index contributed by atoms with van der Waals surface area (Å²) in [7, 11) is -4.21. The molecule has 6 nitrogen and oxygen atoms in total. The minimum absolute atomic E-state index is 0.146. The molecule has 1 N–H and O–H groups in total. The van der Waals surface area contributed by atoms with Crippen LogP contribution in [0.1, 0.15) is 30.2 Å². The Balaban J connectivity index is 1.82. The van der Waals surface area contributed by atoms with Crippen LogP contribution in [0.3, 0.4) is 0 Å². The zero-order chi connectivity index (χ0) is 26.3. The van der Waals surface area contributed by atoms with Crippen molar-refractivity contribution in [3.63, 3.8) is 0 Å². The molecule has 3 aromatic rings. The van der Waals surface area contributed by atoms with E-state index in [1.165, 1.54) is 16.4 Å². The summed E-state index contributed by atoms with van der Waals surface area (Å²) in [5.41, 5.74) is -2.14. The summed E-state index contributed by atoms with van der Waals surface area (Å²) < 4.78 is 84.3. The molecular weight excluding hydrogens is 498 g/mol. The third-order valence-electron chi connectivity index (χ3n) is 6.43. The minimum atomic E-state index is -4.91. The van der Waals surface area contributed by atoms with Gasteiger partial charge in [0.2, 0.25) is 0 Å². The van der Waals surface area contributed by atoms with Gasteiger partial charge < -0.3 is 5.11 Å². The van der Waals surface area contributed by atoms with Crippen LogP contribution in [-0.4, -0.2) is 35.5 Å². The highest BCUT2D eigenvalue weighted by atomic mass is 32.2. The van der Waals surface area contributed by atoms with Gasteiger partial charge in [-0.3, -0.25) is 8.99 Å². The van der Waals surface area contributed by atoms with Gasteiger partial charge in [-0.05, 0) is 67.3 Å². The lowest BCUT2D eigenvalue weighted by Gasteiger charge is -2.39. The van der Waals surface area contributed by atoms with Gasteiger partial charge in [0.05, 0.1) is 23.2 Å². The van der Waals surface area contributed by atoms with E-state index in [0.717, 1.165) is 36.0 Å². The quantitative estimate of drug-likeness (QED) is 0.359. The molecule has 0 spiro atoms. The molecule has 0 fully saturated rings. The first-order chi connectivity index (χ1) is 16.9. The first-order valence-corrected chi connectivity index (χ1v) is 12.6. The van der Waals surface area contributed by atoms with Gasteiger partial charge in [-0.2, -0.15) is 18.3 Å². The Morgan fingerprint density at radius 1 is 1.17 bits per heavy atom. The molecule has 2 atom stereocenters. The van der Waals surface area contributed by atoms with E-state index in [4.69, 9.17) is 0 Å². The summed E-state index contributed by atoms with van der Waals surface area (Å²) in [6, 6.07) is 9.15. The number of hydrogen-bond donors (Lipinski definition) is 1. The molecule has 0 aliphatic carbocycles. The predicted octanol–water partition coefficient (Wildman–Crippen LogP) is 4.73. The van der Waals surface area contributed by atoms with E-state index < -0.39 is 33.7 Å². The minimum Gasteiger partial charge on any atom is -0.376 e. The van der Waals surface area contributed by atoms with Crippen LogP contribution < -0.4 is 4.31 Å². The SMILES string of the molecule is C=CCn1nccc1C[C@@H]1CCc2cc(C(C)(O)C(F)(F)F)ccc2N1S(=O)(=O)c1ccc(F)cc1. The number of anilines is 1. The molecule has 36 heavy (non-hydrogen) atoms. The second-order valence-electron chi connectivity index (χ2n) is 8.86. The van der Waals surface area contributed by atoms with Crippen LogP contribution in [-0.2, 0) is 35.0 Å². The highest BCUT2D eigenvalue weighted by Gasteiger charge is 2.51. The fourth-order valence-electron chi connectivity index (χ4n) is 4.40. The monoisotopic (exact) mass is 523 g/mol. The van der Waals surface area contributed by atoms with E-state index in [2.05, 4.69) is 11.7 Å². The van der Waals surface area contributed by atoms with E-state index in [0.29, 0.717) is 31.9 Å². The normalized spacial score (nSPS) is 17.9. The summed E-state index contributed by atoms with van der Waals surface area (Å²) in [6.45, 7) is 4.78. The number of rotatable bonds is 7.